The van der Waals surface area contributed by atoms with Crippen LogP contribution in [0.5, 0.6) is 0 Å². The van der Waals surface area contributed by atoms with Crippen LogP contribution in [-0.4, -0.2) is 21.7 Å². The van der Waals surface area contributed by atoms with Gasteiger partial charge in [0.15, 0.2) is 0 Å². The molecule has 0 aliphatic carbocycles. The smallest absolute Gasteiger partial charge is 0.0630 e. The molecule has 0 unspecified atom stereocenters. The standard InChI is InChI=1S/C17H19N3/c1-3-16-17(10-13(2)20-16,14-6-4-8-18-11-14)15-7-5-9-19-12-15/h4-9,11-13H,3,10H2,1-2H3/t13-/m0/s1. The first-order valence-corrected chi connectivity index (χ1v) is 7.15. The van der Waals surface area contributed by atoms with Gasteiger partial charge < -0.3 is 0 Å². The summed E-state index contributed by atoms with van der Waals surface area (Å²) in [6, 6.07) is 8.66. The normalized spacial score (nSPS) is 20.7. The van der Waals surface area contributed by atoms with E-state index in [4.69, 9.17) is 4.99 Å². The maximum absolute atomic E-state index is 4.87. The maximum atomic E-state index is 4.87. The minimum atomic E-state index is -0.156. The van der Waals surface area contributed by atoms with Crippen LogP contribution in [0.4, 0.5) is 0 Å². The van der Waals surface area contributed by atoms with Crippen molar-refractivity contribution in [2.45, 2.75) is 38.1 Å². The van der Waals surface area contributed by atoms with E-state index in [-0.39, 0.29) is 5.41 Å². The molecule has 0 saturated heterocycles. The zero-order valence-electron chi connectivity index (χ0n) is 12.0. The third kappa shape index (κ3) is 1.94. The molecule has 2 aromatic rings. The minimum Gasteiger partial charge on any atom is -0.290 e. The fourth-order valence-corrected chi connectivity index (χ4v) is 3.34. The number of aromatic nitrogens is 2. The highest BCUT2D eigenvalue weighted by Crippen LogP contribution is 2.43. The molecule has 0 fully saturated rings. The van der Waals surface area contributed by atoms with Gasteiger partial charge in [0.1, 0.15) is 0 Å². The Morgan fingerprint density at radius 3 is 2.15 bits per heavy atom. The number of pyridine rings is 2. The van der Waals surface area contributed by atoms with E-state index in [1.807, 2.05) is 36.9 Å². The number of rotatable bonds is 3. The molecule has 0 amide bonds. The van der Waals surface area contributed by atoms with E-state index in [1.54, 1.807) is 0 Å². The maximum Gasteiger partial charge on any atom is 0.0630 e. The third-order valence-electron chi connectivity index (χ3n) is 4.11. The zero-order chi connectivity index (χ0) is 14.0. The van der Waals surface area contributed by atoms with Gasteiger partial charge in [0.2, 0.25) is 0 Å². The second-order valence-corrected chi connectivity index (χ2v) is 5.37. The van der Waals surface area contributed by atoms with Crippen LogP contribution in [0.25, 0.3) is 0 Å². The summed E-state index contributed by atoms with van der Waals surface area (Å²) in [6.45, 7) is 4.36. The largest absolute Gasteiger partial charge is 0.290 e. The van der Waals surface area contributed by atoms with E-state index >= 15 is 0 Å². The van der Waals surface area contributed by atoms with Gasteiger partial charge in [0.05, 0.1) is 5.41 Å². The van der Waals surface area contributed by atoms with Crippen LogP contribution < -0.4 is 0 Å². The summed E-state index contributed by atoms with van der Waals surface area (Å²) < 4.78 is 0. The summed E-state index contributed by atoms with van der Waals surface area (Å²) in [5.41, 5.74) is 3.53. The van der Waals surface area contributed by atoms with Gasteiger partial charge in [0.25, 0.3) is 0 Å². The lowest BCUT2D eigenvalue weighted by molar-refractivity contribution is 0.587. The van der Waals surface area contributed by atoms with Crippen molar-refractivity contribution in [3.05, 3.63) is 60.2 Å². The molecule has 1 atom stereocenters. The molecule has 0 spiro atoms. The first-order valence-electron chi connectivity index (χ1n) is 7.15. The Morgan fingerprint density at radius 2 is 1.70 bits per heavy atom. The number of hydrogen-bond donors (Lipinski definition) is 0. The lowest BCUT2D eigenvalue weighted by Crippen LogP contribution is -2.34. The minimum absolute atomic E-state index is 0.156. The zero-order valence-corrected chi connectivity index (χ0v) is 12.0. The molecular weight excluding hydrogens is 246 g/mol. The molecule has 102 valence electrons. The molecule has 0 saturated carbocycles. The molecule has 2 aromatic heterocycles. The Kier molecular flexibility index (Phi) is 3.35. The van der Waals surface area contributed by atoms with E-state index in [1.165, 1.54) is 16.8 Å². The molecule has 1 aliphatic heterocycles. The van der Waals surface area contributed by atoms with Gasteiger partial charge in [-0.1, -0.05) is 19.1 Å². The van der Waals surface area contributed by atoms with Gasteiger partial charge in [-0.2, -0.15) is 0 Å². The van der Waals surface area contributed by atoms with Gasteiger partial charge in [0, 0.05) is 36.5 Å². The third-order valence-corrected chi connectivity index (χ3v) is 4.11. The fraction of sp³-hybridized carbons (Fsp3) is 0.353. The van der Waals surface area contributed by atoms with Crippen molar-refractivity contribution in [3.8, 4) is 0 Å². The van der Waals surface area contributed by atoms with E-state index < -0.39 is 0 Å². The molecule has 0 aromatic carbocycles. The molecular formula is C17H19N3. The summed E-state index contributed by atoms with van der Waals surface area (Å²) in [5.74, 6) is 0. The summed E-state index contributed by atoms with van der Waals surface area (Å²) in [4.78, 5) is 13.5. The predicted octanol–water partition coefficient (Wildman–Crippen LogP) is 3.41. The van der Waals surface area contributed by atoms with E-state index in [0.29, 0.717) is 6.04 Å². The van der Waals surface area contributed by atoms with Gasteiger partial charge in [-0.3, -0.25) is 15.0 Å². The van der Waals surface area contributed by atoms with Crippen LogP contribution in [-0.2, 0) is 5.41 Å². The Balaban J connectivity index is 2.22. The van der Waals surface area contributed by atoms with Crippen molar-refractivity contribution in [3.63, 3.8) is 0 Å². The van der Waals surface area contributed by atoms with Gasteiger partial charge in [-0.15, -0.1) is 0 Å². The number of hydrogen-bond acceptors (Lipinski definition) is 3. The topological polar surface area (TPSA) is 38.1 Å². The van der Waals surface area contributed by atoms with Crippen LogP contribution in [0.2, 0.25) is 0 Å². The summed E-state index contributed by atoms with van der Waals surface area (Å²) in [5, 5.41) is 0. The Hall–Kier alpha value is -2.03. The second kappa shape index (κ2) is 5.16. The quantitative estimate of drug-likeness (QED) is 0.853. The molecule has 3 rings (SSSR count). The van der Waals surface area contributed by atoms with E-state index in [2.05, 4.69) is 35.9 Å². The van der Waals surface area contributed by atoms with Crippen LogP contribution in [0.15, 0.2) is 54.0 Å². The lowest BCUT2D eigenvalue weighted by Gasteiger charge is -2.31. The van der Waals surface area contributed by atoms with Crippen LogP contribution in [0.3, 0.4) is 0 Å². The molecule has 0 radical (unpaired) electrons. The highest BCUT2D eigenvalue weighted by Gasteiger charge is 2.44. The molecule has 3 heteroatoms. The average molecular weight is 265 g/mol. The summed E-state index contributed by atoms with van der Waals surface area (Å²) >= 11 is 0. The Labute approximate surface area is 119 Å². The average Bonchev–Trinajstić information content (AvgIpc) is 2.87. The molecule has 0 N–H and O–H groups in total. The van der Waals surface area contributed by atoms with Crippen molar-refractivity contribution >= 4 is 5.71 Å². The van der Waals surface area contributed by atoms with Crippen molar-refractivity contribution in [1.29, 1.82) is 0 Å². The first-order chi connectivity index (χ1) is 9.77. The molecule has 20 heavy (non-hydrogen) atoms. The van der Waals surface area contributed by atoms with Crippen molar-refractivity contribution in [2.24, 2.45) is 4.99 Å². The number of aliphatic imine (C=N–C) groups is 1. The van der Waals surface area contributed by atoms with E-state index in [0.717, 1.165) is 12.8 Å². The highest BCUT2D eigenvalue weighted by molar-refractivity contribution is 5.99. The fourth-order valence-electron chi connectivity index (χ4n) is 3.34. The van der Waals surface area contributed by atoms with Crippen LogP contribution in [0.1, 0.15) is 37.8 Å². The summed E-state index contributed by atoms with van der Waals surface area (Å²) in [7, 11) is 0. The number of nitrogens with zero attached hydrogens (tertiary/aromatic N) is 3. The van der Waals surface area contributed by atoms with Crippen molar-refractivity contribution in [1.82, 2.24) is 9.97 Å². The highest BCUT2D eigenvalue weighted by atomic mass is 14.9. The molecule has 3 heterocycles. The Morgan fingerprint density at radius 1 is 1.10 bits per heavy atom. The molecule has 3 nitrogen and oxygen atoms in total. The van der Waals surface area contributed by atoms with Crippen LogP contribution in [0, 0.1) is 0 Å². The Bertz CT molecular complexity index is 565. The SMILES string of the molecule is CCC1=N[C@@H](C)CC1(c1cccnc1)c1cccnc1. The van der Waals surface area contributed by atoms with Gasteiger partial charge in [-0.25, -0.2) is 0 Å². The lowest BCUT2D eigenvalue weighted by atomic mass is 9.69. The summed E-state index contributed by atoms with van der Waals surface area (Å²) in [6.07, 6.45) is 9.53. The second-order valence-electron chi connectivity index (χ2n) is 5.37. The molecule has 1 aliphatic rings. The monoisotopic (exact) mass is 265 g/mol. The first kappa shape index (κ1) is 13.0. The van der Waals surface area contributed by atoms with Crippen molar-refractivity contribution in [2.75, 3.05) is 0 Å². The van der Waals surface area contributed by atoms with E-state index in [9.17, 15) is 0 Å². The molecule has 0 bridgehead atoms. The van der Waals surface area contributed by atoms with Crippen molar-refractivity contribution < 1.29 is 0 Å². The predicted molar refractivity (Wildman–Crippen MR) is 81.1 cm³/mol. The van der Waals surface area contributed by atoms with Gasteiger partial charge >= 0.3 is 0 Å². The van der Waals surface area contributed by atoms with Crippen LogP contribution >= 0.6 is 0 Å². The van der Waals surface area contributed by atoms with Gasteiger partial charge in [-0.05, 0) is 43.0 Å².